The van der Waals surface area contributed by atoms with E-state index in [2.05, 4.69) is 11.2 Å². The molecule has 17 heavy (non-hydrogen) atoms. The highest BCUT2D eigenvalue weighted by Crippen LogP contribution is 2.13. The molecule has 0 aromatic carbocycles. The molecular weight excluding hydrogens is 232 g/mol. The summed E-state index contributed by atoms with van der Waals surface area (Å²) in [6.45, 7) is 4.85. The molecule has 0 fully saturated rings. The van der Waals surface area contributed by atoms with Gasteiger partial charge in [-0.15, -0.1) is 11.3 Å². The molecule has 0 bridgehead atoms. The second-order valence-electron chi connectivity index (χ2n) is 4.15. The second kappa shape index (κ2) is 5.27. The molecule has 0 amide bonds. The van der Waals surface area contributed by atoms with Crippen molar-refractivity contribution >= 4 is 17.1 Å². The Morgan fingerprint density at radius 2 is 2.29 bits per heavy atom. The van der Waals surface area contributed by atoms with Crippen LogP contribution >= 0.6 is 11.3 Å². The van der Waals surface area contributed by atoms with Crippen LogP contribution in [0.5, 0.6) is 0 Å². The van der Waals surface area contributed by atoms with Crippen LogP contribution in [-0.4, -0.2) is 15.6 Å². The van der Waals surface area contributed by atoms with Crippen LogP contribution in [0.1, 0.15) is 33.9 Å². The van der Waals surface area contributed by atoms with Gasteiger partial charge in [-0.05, 0) is 37.8 Å². The number of ketones is 1. The van der Waals surface area contributed by atoms with Gasteiger partial charge in [-0.3, -0.25) is 9.48 Å². The fraction of sp³-hybridized carbons (Fsp3) is 0.385. The number of aromatic nitrogens is 2. The van der Waals surface area contributed by atoms with Crippen LogP contribution in [0.2, 0.25) is 0 Å². The lowest BCUT2D eigenvalue weighted by Crippen LogP contribution is -2.05. The molecule has 2 rings (SSSR count). The highest BCUT2D eigenvalue weighted by atomic mass is 32.1. The number of aryl methyl sites for hydroxylation is 3. The van der Waals surface area contributed by atoms with E-state index in [1.165, 1.54) is 11.3 Å². The molecule has 2 aromatic heterocycles. The molecule has 90 valence electrons. The molecule has 0 aliphatic heterocycles. The molecule has 0 aliphatic carbocycles. The Morgan fingerprint density at radius 1 is 1.47 bits per heavy atom. The van der Waals surface area contributed by atoms with E-state index in [0.717, 1.165) is 29.2 Å². The van der Waals surface area contributed by atoms with Crippen LogP contribution in [0.25, 0.3) is 0 Å². The summed E-state index contributed by atoms with van der Waals surface area (Å²) < 4.78 is 1.97. The summed E-state index contributed by atoms with van der Waals surface area (Å²) in [6.07, 6.45) is 1.44. The fourth-order valence-corrected chi connectivity index (χ4v) is 2.55. The van der Waals surface area contributed by atoms with Gasteiger partial charge < -0.3 is 0 Å². The van der Waals surface area contributed by atoms with Crippen LogP contribution in [-0.2, 0) is 6.54 Å². The fourth-order valence-electron chi connectivity index (χ4n) is 1.85. The van der Waals surface area contributed by atoms with Gasteiger partial charge in [0.1, 0.15) is 0 Å². The first-order chi connectivity index (χ1) is 8.16. The minimum Gasteiger partial charge on any atom is -0.293 e. The summed E-state index contributed by atoms with van der Waals surface area (Å²) in [5, 5.41) is 6.32. The molecule has 4 heteroatoms. The van der Waals surface area contributed by atoms with Gasteiger partial charge in [0.05, 0.1) is 10.6 Å². The molecule has 2 aromatic rings. The van der Waals surface area contributed by atoms with Crippen molar-refractivity contribution in [2.75, 3.05) is 0 Å². The molecular formula is C13H16N2OS. The van der Waals surface area contributed by atoms with Gasteiger partial charge in [0.25, 0.3) is 0 Å². The topological polar surface area (TPSA) is 34.9 Å². The molecule has 0 aliphatic rings. The van der Waals surface area contributed by atoms with Gasteiger partial charge in [0.2, 0.25) is 0 Å². The monoisotopic (exact) mass is 248 g/mol. The molecule has 2 heterocycles. The Hall–Kier alpha value is -1.42. The van der Waals surface area contributed by atoms with E-state index in [1.54, 1.807) is 0 Å². The van der Waals surface area contributed by atoms with Gasteiger partial charge >= 0.3 is 0 Å². The third kappa shape index (κ3) is 3.03. The number of hydrogen-bond donors (Lipinski definition) is 0. The molecule has 3 nitrogen and oxygen atoms in total. The van der Waals surface area contributed by atoms with Crippen molar-refractivity contribution in [3.63, 3.8) is 0 Å². The summed E-state index contributed by atoms with van der Waals surface area (Å²) >= 11 is 1.51. The predicted molar refractivity (Wildman–Crippen MR) is 69.6 cm³/mol. The van der Waals surface area contributed by atoms with Gasteiger partial charge in [-0.2, -0.15) is 5.10 Å². The molecule has 0 saturated carbocycles. The number of nitrogens with zero attached hydrogens (tertiary/aromatic N) is 2. The third-order valence-electron chi connectivity index (χ3n) is 2.67. The van der Waals surface area contributed by atoms with Crippen LogP contribution in [0, 0.1) is 13.8 Å². The van der Waals surface area contributed by atoms with E-state index in [-0.39, 0.29) is 5.78 Å². The summed E-state index contributed by atoms with van der Waals surface area (Å²) in [4.78, 5) is 12.6. The van der Waals surface area contributed by atoms with Crippen molar-refractivity contribution < 1.29 is 4.79 Å². The summed E-state index contributed by atoms with van der Waals surface area (Å²) in [5.74, 6) is 0.238. The van der Waals surface area contributed by atoms with E-state index < -0.39 is 0 Å². The minimum atomic E-state index is 0.238. The SMILES string of the molecule is Cc1cc(C)n(CCCC(=O)c2cccs2)n1. The smallest absolute Gasteiger partial charge is 0.172 e. The maximum absolute atomic E-state index is 11.8. The predicted octanol–water partition coefficient (Wildman–Crippen LogP) is 3.22. The van der Waals surface area contributed by atoms with Gasteiger partial charge in [0, 0.05) is 18.7 Å². The Kier molecular flexibility index (Phi) is 3.74. The van der Waals surface area contributed by atoms with E-state index in [4.69, 9.17) is 0 Å². The molecule has 0 spiro atoms. The Bertz CT molecular complexity index is 499. The zero-order chi connectivity index (χ0) is 12.3. The first-order valence-electron chi connectivity index (χ1n) is 5.74. The number of carbonyl (C=O) groups is 1. The summed E-state index contributed by atoms with van der Waals surface area (Å²) in [7, 11) is 0. The van der Waals surface area contributed by atoms with Crippen molar-refractivity contribution in [3.8, 4) is 0 Å². The van der Waals surface area contributed by atoms with Crippen molar-refractivity contribution in [2.45, 2.75) is 33.2 Å². The first kappa shape index (κ1) is 12.0. The van der Waals surface area contributed by atoms with Crippen molar-refractivity contribution in [1.29, 1.82) is 0 Å². The highest BCUT2D eigenvalue weighted by Gasteiger charge is 2.07. The van der Waals surface area contributed by atoms with Crippen molar-refractivity contribution in [1.82, 2.24) is 9.78 Å². The van der Waals surface area contributed by atoms with Crippen LogP contribution < -0.4 is 0 Å². The molecule has 0 unspecified atom stereocenters. The molecule has 0 radical (unpaired) electrons. The van der Waals surface area contributed by atoms with Crippen molar-refractivity contribution in [2.24, 2.45) is 0 Å². The highest BCUT2D eigenvalue weighted by molar-refractivity contribution is 7.12. The lowest BCUT2D eigenvalue weighted by Gasteiger charge is -2.03. The summed E-state index contributed by atoms with van der Waals surface area (Å²) in [5.41, 5.74) is 2.19. The van der Waals surface area contributed by atoms with E-state index >= 15 is 0 Å². The van der Waals surface area contributed by atoms with E-state index in [9.17, 15) is 4.79 Å². The van der Waals surface area contributed by atoms with Gasteiger partial charge in [0.15, 0.2) is 5.78 Å². The molecule has 0 saturated heterocycles. The zero-order valence-corrected chi connectivity index (χ0v) is 11.0. The number of hydrogen-bond acceptors (Lipinski definition) is 3. The molecule has 0 N–H and O–H groups in total. The lowest BCUT2D eigenvalue weighted by atomic mass is 10.2. The normalized spacial score (nSPS) is 10.7. The average molecular weight is 248 g/mol. The number of carbonyl (C=O) groups excluding carboxylic acids is 1. The number of Topliss-reactive ketones (excluding diaryl/α,β-unsaturated/α-hetero) is 1. The maximum Gasteiger partial charge on any atom is 0.172 e. The van der Waals surface area contributed by atoms with Gasteiger partial charge in [-0.1, -0.05) is 6.07 Å². The Morgan fingerprint density at radius 3 is 2.88 bits per heavy atom. The number of thiophene rings is 1. The minimum absolute atomic E-state index is 0.238. The zero-order valence-electron chi connectivity index (χ0n) is 10.1. The maximum atomic E-state index is 11.8. The number of rotatable bonds is 5. The quantitative estimate of drug-likeness (QED) is 0.761. The third-order valence-corrected chi connectivity index (χ3v) is 3.58. The van der Waals surface area contributed by atoms with Crippen LogP contribution in [0.15, 0.2) is 23.6 Å². The van der Waals surface area contributed by atoms with Crippen LogP contribution in [0.3, 0.4) is 0 Å². The van der Waals surface area contributed by atoms with Crippen molar-refractivity contribution in [3.05, 3.63) is 39.8 Å². The Labute approximate surface area is 105 Å². The standard InChI is InChI=1S/C13H16N2OS/c1-10-9-11(2)15(14-10)7-3-5-12(16)13-6-4-8-17-13/h4,6,8-9H,3,5,7H2,1-2H3. The van der Waals surface area contributed by atoms with Gasteiger partial charge in [-0.25, -0.2) is 0 Å². The first-order valence-corrected chi connectivity index (χ1v) is 6.62. The van der Waals surface area contributed by atoms with E-state index in [1.807, 2.05) is 36.0 Å². The van der Waals surface area contributed by atoms with E-state index in [0.29, 0.717) is 6.42 Å². The largest absolute Gasteiger partial charge is 0.293 e. The lowest BCUT2D eigenvalue weighted by molar-refractivity contribution is 0.0982. The average Bonchev–Trinajstić information content (AvgIpc) is 2.89. The second-order valence-corrected chi connectivity index (χ2v) is 5.10. The summed E-state index contributed by atoms with van der Waals surface area (Å²) in [6, 6.07) is 5.86. The Balaban J connectivity index is 1.84. The van der Waals surface area contributed by atoms with Crippen LogP contribution in [0.4, 0.5) is 0 Å². The molecule has 0 atom stereocenters.